The number of hydrogen-bond donors (Lipinski definition) is 3. The summed E-state index contributed by atoms with van der Waals surface area (Å²) in [7, 11) is -2.26. The van der Waals surface area contributed by atoms with E-state index in [2.05, 4.69) is 20.4 Å². The lowest BCUT2D eigenvalue weighted by atomic mass is 10.2. The Morgan fingerprint density at radius 1 is 1.16 bits per heavy atom. The monoisotopic (exact) mass is 570 g/mol. The molecule has 0 amide bonds. The number of nitrogens with zero attached hydrogens (tertiary/aromatic N) is 1. The van der Waals surface area contributed by atoms with Crippen molar-refractivity contribution in [1.82, 2.24) is 10.6 Å². The molecule has 8 nitrogen and oxygen atoms in total. The van der Waals surface area contributed by atoms with Crippen molar-refractivity contribution in [3.63, 3.8) is 0 Å². The standard InChI is InChI=1S/C19H24F2N4O4S.HI/c1-3-28-16-9-5-7-14(17(16)29-18(20)21)12-25-19(23-2)24-11-13-6-4-8-15(10-13)30(22,26)27;/h4-10,18H,3,11-12H2,1-2H3,(H2,22,26,27)(H2,23,24,25);1H. The number of benzene rings is 2. The second-order valence-corrected chi connectivity index (χ2v) is 7.59. The van der Waals surface area contributed by atoms with Gasteiger partial charge in [-0.05, 0) is 30.7 Å². The number of rotatable bonds is 9. The third-order valence-corrected chi connectivity index (χ3v) is 4.84. The van der Waals surface area contributed by atoms with Crippen LogP contribution >= 0.6 is 24.0 Å². The van der Waals surface area contributed by atoms with Gasteiger partial charge in [0.2, 0.25) is 10.0 Å². The highest BCUT2D eigenvalue weighted by molar-refractivity contribution is 14.0. The van der Waals surface area contributed by atoms with Crippen molar-refractivity contribution in [2.75, 3.05) is 13.7 Å². The molecule has 0 bridgehead atoms. The normalized spacial score (nSPS) is 11.6. The van der Waals surface area contributed by atoms with E-state index in [4.69, 9.17) is 9.88 Å². The minimum Gasteiger partial charge on any atom is -0.490 e. The average molecular weight is 570 g/mol. The molecule has 0 fully saturated rings. The van der Waals surface area contributed by atoms with Crippen LogP contribution in [0.25, 0.3) is 0 Å². The lowest BCUT2D eigenvalue weighted by Crippen LogP contribution is -2.36. The molecule has 2 rings (SSSR count). The zero-order chi connectivity index (χ0) is 22.1. The molecular formula is C19H25F2IN4O4S. The number of halogens is 3. The van der Waals surface area contributed by atoms with Crippen molar-refractivity contribution in [2.24, 2.45) is 10.1 Å². The summed E-state index contributed by atoms with van der Waals surface area (Å²) in [5.74, 6) is 0.554. The van der Waals surface area contributed by atoms with Gasteiger partial charge in [-0.25, -0.2) is 13.6 Å². The summed E-state index contributed by atoms with van der Waals surface area (Å²) in [5.41, 5.74) is 1.13. The van der Waals surface area contributed by atoms with Crippen LogP contribution in [-0.2, 0) is 23.1 Å². The molecule has 0 aliphatic carbocycles. The van der Waals surface area contributed by atoms with Gasteiger partial charge in [0.25, 0.3) is 0 Å². The van der Waals surface area contributed by atoms with Crippen LogP contribution in [0.15, 0.2) is 52.4 Å². The van der Waals surface area contributed by atoms with E-state index in [1.165, 1.54) is 12.1 Å². The summed E-state index contributed by atoms with van der Waals surface area (Å²) in [4.78, 5) is 4.08. The Hall–Kier alpha value is -2.19. The fourth-order valence-electron chi connectivity index (χ4n) is 2.61. The number of nitrogens with one attached hydrogen (secondary N) is 2. The minimum absolute atomic E-state index is 0. The second-order valence-electron chi connectivity index (χ2n) is 6.03. The molecule has 12 heteroatoms. The van der Waals surface area contributed by atoms with Crippen LogP contribution in [0.5, 0.6) is 11.5 Å². The molecule has 31 heavy (non-hydrogen) atoms. The van der Waals surface area contributed by atoms with Crippen molar-refractivity contribution >= 4 is 40.0 Å². The highest BCUT2D eigenvalue weighted by Crippen LogP contribution is 2.32. The minimum atomic E-state index is -3.80. The third kappa shape index (κ3) is 8.45. The van der Waals surface area contributed by atoms with Crippen molar-refractivity contribution in [1.29, 1.82) is 0 Å². The number of nitrogens with two attached hydrogens (primary N) is 1. The van der Waals surface area contributed by atoms with E-state index in [1.807, 2.05) is 0 Å². The lowest BCUT2D eigenvalue weighted by Gasteiger charge is -2.17. The zero-order valence-corrected chi connectivity index (χ0v) is 20.1. The summed E-state index contributed by atoms with van der Waals surface area (Å²) in [6.45, 7) is -0.540. The summed E-state index contributed by atoms with van der Waals surface area (Å²) in [6, 6.07) is 11.0. The topological polar surface area (TPSA) is 115 Å². The van der Waals surface area contributed by atoms with Crippen molar-refractivity contribution in [2.45, 2.75) is 31.5 Å². The van der Waals surface area contributed by atoms with E-state index in [9.17, 15) is 17.2 Å². The number of ether oxygens (including phenoxy) is 2. The van der Waals surface area contributed by atoms with Gasteiger partial charge in [0.1, 0.15) is 0 Å². The van der Waals surface area contributed by atoms with Gasteiger partial charge in [-0.15, -0.1) is 24.0 Å². The molecule has 0 heterocycles. The Balaban J connectivity index is 0.00000480. The number of hydrogen-bond acceptors (Lipinski definition) is 5. The molecule has 0 spiro atoms. The van der Waals surface area contributed by atoms with Crippen molar-refractivity contribution < 1.29 is 26.7 Å². The van der Waals surface area contributed by atoms with E-state index in [0.717, 1.165) is 0 Å². The van der Waals surface area contributed by atoms with Gasteiger partial charge in [-0.2, -0.15) is 8.78 Å². The first kappa shape index (κ1) is 26.8. The van der Waals surface area contributed by atoms with E-state index < -0.39 is 16.6 Å². The van der Waals surface area contributed by atoms with Crippen LogP contribution in [0.2, 0.25) is 0 Å². The van der Waals surface area contributed by atoms with E-state index in [0.29, 0.717) is 23.7 Å². The number of primary sulfonamides is 1. The number of aliphatic imine (C=N–C) groups is 1. The molecule has 4 N–H and O–H groups in total. The quantitative estimate of drug-likeness (QED) is 0.243. The Kier molecular flexibility index (Phi) is 10.9. The number of para-hydroxylation sites is 1. The van der Waals surface area contributed by atoms with Gasteiger partial charge < -0.3 is 20.1 Å². The number of sulfonamides is 1. The van der Waals surface area contributed by atoms with Crippen LogP contribution in [0, 0.1) is 0 Å². The molecule has 0 aliphatic heterocycles. The molecule has 0 aromatic heterocycles. The zero-order valence-electron chi connectivity index (χ0n) is 17.0. The van der Waals surface area contributed by atoms with Gasteiger partial charge in [0.05, 0.1) is 11.5 Å². The lowest BCUT2D eigenvalue weighted by molar-refractivity contribution is -0.0520. The number of guanidine groups is 1. The maximum Gasteiger partial charge on any atom is 0.387 e. The Morgan fingerprint density at radius 2 is 1.84 bits per heavy atom. The van der Waals surface area contributed by atoms with Crippen LogP contribution in [0.1, 0.15) is 18.1 Å². The summed E-state index contributed by atoms with van der Waals surface area (Å²) >= 11 is 0. The van der Waals surface area contributed by atoms with Crippen molar-refractivity contribution in [3.05, 3.63) is 53.6 Å². The molecule has 2 aromatic carbocycles. The van der Waals surface area contributed by atoms with Gasteiger partial charge in [0.15, 0.2) is 17.5 Å². The fraction of sp³-hybridized carbons (Fsp3) is 0.316. The Bertz CT molecular complexity index is 991. The molecule has 0 saturated carbocycles. The summed E-state index contributed by atoms with van der Waals surface area (Å²) in [5, 5.41) is 11.2. The predicted molar refractivity (Wildman–Crippen MR) is 125 cm³/mol. The molecule has 0 aliphatic rings. The van der Waals surface area contributed by atoms with Gasteiger partial charge >= 0.3 is 6.61 Å². The predicted octanol–water partition coefficient (Wildman–Crippen LogP) is 2.82. The first-order valence-electron chi connectivity index (χ1n) is 9.00. The summed E-state index contributed by atoms with van der Waals surface area (Å²) in [6.07, 6.45) is 0. The smallest absolute Gasteiger partial charge is 0.387 e. The maximum atomic E-state index is 12.8. The molecule has 0 saturated heterocycles. The first-order chi connectivity index (χ1) is 14.2. The second kappa shape index (κ2) is 12.6. The maximum absolute atomic E-state index is 12.8. The average Bonchev–Trinajstić information content (AvgIpc) is 2.69. The third-order valence-electron chi connectivity index (χ3n) is 3.92. The molecule has 172 valence electrons. The highest BCUT2D eigenvalue weighted by atomic mass is 127. The van der Waals surface area contributed by atoms with Crippen LogP contribution < -0.4 is 25.2 Å². The Morgan fingerprint density at radius 3 is 2.45 bits per heavy atom. The van der Waals surface area contributed by atoms with Gasteiger partial charge in [-0.3, -0.25) is 4.99 Å². The number of alkyl halides is 2. The first-order valence-corrected chi connectivity index (χ1v) is 10.5. The fourth-order valence-corrected chi connectivity index (χ4v) is 3.19. The highest BCUT2D eigenvalue weighted by Gasteiger charge is 2.16. The molecular weight excluding hydrogens is 545 g/mol. The summed E-state index contributed by atoms with van der Waals surface area (Å²) < 4.78 is 58.6. The SMILES string of the molecule is CCOc1cccc(CNC(=NC)NCc2cccc(S(N)(=O)=O)c2)c1OC(F)F.I. The largest absolute Gasteiger partial charge is 0.490 e. The molecule has 0 unspecified atom stereocenters. The van der Waals surface area contributed by atoms with Crippen LogP contribution in [0.3, 0.4) is 0 Å². The van der Waals surface area contributed by atoms with Crippen molar-refractivity contribution in [3.8, 4) is 11.5 Å². The molecule has 0 radical (unpaired) electrons. The van der Waals surface area contributed by atoms with E-state index >= 15 is 0 Å². The molecule has 0 atom stereocenters. The van der Waals surface area contributed by atoms with E-state index in [-0.39, 0.29) is 53.5 Å². The van der Waals surface area contributed by atoms with Gasteiger partial charge in [-0.1, -0.05) is 24.3 Å². The molecule has 2 aromatic rings. The van der Waals surface area contributed by atoms with Crippen LogP contribution in [0.4, 0.5) is 8.78 Å². The van der Waals surface area contributed by atoms with Crippen LogP contribution in [-0.4, -0.2) is 34.6 Å². The van der Waals surface area contributed by atoms with E-state index in [1.54, 1.807) is 44.3 Å². The van der Waals surface area contributed by atoms with Gasteiger partial charge in [0, 0.05) is 25.7 Å². The Labute approximate surface area is 197 Å².